The van der Waals surface area contributed by atoms with Crippen molar-refractivity contribution in [3.05, 3.63) is 30.3 Å². The summed E-state index contributed by atoms with van der Waals surface area (Å²) in [6.45, 7) is 1.70. The van der Waals surface area contributed by atoms with E-state index in [2.05, 4.69) is 0 Å². The van der Waals surface area contributed by atoms with Gasteiger partial charge in [0.25, 0.3) is 0 Å². The van der Waals surface area contributed by atoms with Crippen molar-refractivity contribution >= 4 is 18.6 Å². The molecule has 2 N–H and O–H groups in total. The Morgan fingerprint density at radius 3 is 2.38 bits per heavy atom. The highest BCUT2D eigenvalue weighted by Gasteiger charge is 2.28. The molecule has 0 fully saturated rings. The highest BCUT2D eigenvalue weighted by atomic mass is 31.2. The number of hydrogen-bond donors (Lipinski definition) is 2. The molecule has 0 saturated carbocycles. The van der Waals surface area contributed by atoms with Crippen molar-refractivity contribution in [1.29, 1.82) is 0 Å². The first-order chi connectivity index (χ1) is 7.47. The van der Waals surface area contributed by atoms with E-state index in [0.717, 1.165) is 0 Å². The van der Waals surface area contributed by atoms with Gasteiger partial charge in [-0.25, -0.2) is 0 Å². The maximum absolute atomic E-state index is 12.0. The molecule has 0 saturated heterocycles. The zero-order chi connectivity index (χ0) is 12.2. The highest BCUT2D eigenvalue weighted by Crippen LogP contribution is 2.41. The van der Waals surface area contributed by atoms with E-state index in [4.69, 9.17) is 5.11 Å². The normalized spacial score (nSPS) is 16.4. The summed E-state index contributed by atoms with van der Waals surface area (Å²) in [5.41, 5.74) is 0. The monoisotopic (exact) mass is 242 g/mol. The second-order valence-corrected chi connectivity index (χ2v) is 5.95. The summed E-state index contributed by atoms with van der Waals surface area (Å²) in [5, 5.41) is 9.17. The first-order valence-electron chi connectivity index (χ1n) is 5.07. The van der Waals surface area contributed by atoms with Gasteiger partial charge in [0.1, 0.15) is 0 Å². The molecule has 2 atom stereocenters. The Labute approximate surface area is 94.4 Å². The van der Waals surface area contributed by atoms with Gasteiger partial charge in [-0.2, -0.15) is 0 Å². The number of benzene rings is 1. The fourth-order valence-electron chi connectivity index (χ4n) is 1.45. The Morgan fingerprint density at radius 1 is 1.38 bits per heavy atom. The summed E-state index contributed by atoms with van der Waals surface area (Å²) >= 11 is 0. The third-order valence-corrected chi connectivity index (χ3v) is 4.51. The molecule has 0 heterocycles. The van der Waals surface area contributed by atoms with Crippen LogP contribution in [0.3, 0.4) is 0 Å². The molecular weight excluding hydrogens is 227 g/mol. The molecule has 0 amide bonds. The van der Waals surface area contributed by atoms with Crippen LogP contribution in [0.2, 0.25) is 0 Å². The average molecular weight is 242 g/mol. The van der Waals surface area contributed by atoms with Crippen molar-refractivity contribution in [3.8, 4) is 0 Å². The number of aliphatic carboxylic acids is 1. The van der Waals surface area contributed by atoms with Gasteiger partial charge in [-0.1, -0.05) is 25.1 Å². The van der Waals surface area contributed by atoms with Gasteiger partial charge in [0, 0.05) is 11.5 Å². The largest absolute Gasteiger partial charge is 0.481 e. The Bertz CT molecular complexity index is 402. The van der Waals surface area contributed by atoms with Crippen LogP contribution in [0.1, 0.15) is 13.3 Å². The molecule has 2 unspecified atom stereocenters. The molecule has 5 heteroatoms. The number of rotatable bonds is 5. The van der Waals surface area contributed by atoms with Crippen LogP contribution in [0, 0.1) is 5.92 Å². The first kappa shape index (κ1) is 12.9. The van der Waals surface area contributed by atoms with Crippen LogP contribution in [0.4, 0.5) is 0 Å². The molecule has 0 aliphatic rings. The third-order valence-electron chi connectivity index (χ3n) is 2.47. The minimum Gasteiger partial charge on any atom is -0.481 e. The maximum atomic E-state index is 12.0. The minimum absolute atomic E-state index is 0.206. The molecule has 0 aromatic heterocycles. The molecular formula is C11H15O4P. The lowest BCUT2D eigenvalue weighted by molar-refractivity contribution is -0.141. The summed E-state index contributed by atoms with van der Waals surface area (Å²) < 4.78 is 12.0. The van der Waals surface area contributed by atoms with Gasteiger partial charge in [0.2, 0.25) is 7.37 Å². The zero-order valence-electron chi connectivity index (χ0n) is 9.04. The minimum atomic E-state index is -3.55. The quantitative estimate of drug-likeness (QED) is 0.770. The topological polar surface area (TPSA) is 74.6 Å². The molecule has 1 aromatic rings. The average Bonchev–Trinajstić information content (AvgIpc) is 2.27. The molecule has 88 valence electrons. The van der Waals surface area contributed by atoms with Crippen LogP contribution < -0.4 is 5.30 Å². The Hall–Kier alpha value is -1.12. The molecule has 0 spiro atoms. The molecule has 4 nitrogen and oxygen atoms in total. The lowest BCUT2D eigenvalue weighted by atomic mass is 10.1. The Balaban J connectivity index is 2.87. The van der Waals surface area contributed by atoms with Crippen LogP contribution in [-0.4, -0.2) is 22.1 Å². The van der Waals surface area contributed by atoms with E-state index in [1.54, 1.807) is 37.3 Å². The van der Waals surface area contributed by atoms with Crippen molar-refractivity contribution in [2.24, 2.45) is 5.92 Å². The molecule has 1 aromatic carbocycles. The molecule has 16 heavy (non-hydrogen) atoms. The predicted molar refractivity (Wildman–Crippen MR) is 62.2 cm³/mol. The molecule has 0 aliphatic carbocycles. The number of carbonyl (C=O) groups is 1. The highest BCUT2D eigenvalue weighted by molar-refractivity contribution is 7.66. The number of carboxylic acids is 1. The fraction of sp³-hybridized carbons (Fsp3) is 0.364. The smallest absolute Gasteiger partial charge is 0.307 e. The van der Waals surface area contributed by atoms with E-state index in [9.17, 15) is 14.3 Å². The second-order valence-electron chi connectivity index (χ2n) is 3.66. The van der Waals surface area contributed by atoms with E-state index < -0.39 is 19.3 Å². The van der Waals surface area contributed by atoms with E-state index in [1.165, 1.54) is 0 Å². The van der Waals surface area contributed by atoms with Crippen molar-refractivity contribution in [3.63, 3.8) is 0 Å². The lowest BCUT2D eigenvalue weighted by Gasteiger charge is -2.15. The molecule has 1 rings (SSSR count). The van der Waals surface area contributed by atoms with Gasteiger partial charge in [-0.05, 0) is 18.6 Å². The van der Waals surface area contributed by atoms with Crippen LogP contribution in [0.15, 0.2) is 30.3 Å². The van der Waals surface area contributed by atoms with Gasteiger partial charge in [-0.15, -0.1) is 0 Å². The summed E-state index contributed by atoms with van der Waals surface area (Å²) in [5.74, 6) is -1.79. The molecule has 0 bridgehead atoms. The number of hydrogen-bond acceptors (Lipinski definition) is 2. The first-order valence-corrected chi connectivity index (χ1v) is 6.92. The summed E-state index contributed by atoms with van der Waals surface area (Å²) in [6.07, 6.45) is 0.148. The van der Waals surface area contributed by atoms with Crippen molar-refractivity contribution in [1.82, 2.24) is 0 Å². The van der Waals surface area contributed by atoms with E-state index in [0.29, 0.717) is 11.7 Å². The zero-order valence-corrected chi connectivity index (χ0v) is 9.93. The van der Waals surface area contributed by atoms with Crippen molar-refractivity contribution in [2.75, 3.05) is 6.16 Å². The Morgan fingerprint density at radius 2 is 1.94 bits per heavy atom. The van der Waals surface area contributed by atoms with E-state index >= 15 is 0 Å². The second kappa shape index (κ2) is 5.28. The predicted octanol–water partition coefficient (Wildman–Crippen LogP) is 1.69. The van der Waals surface area contributed by atoms with Gasteiger partial charge < -0.3 is 10.00 Å². The van der Waals surface area contributed by atoms with E-state index in [1.807, 2.05) is 0 Å². The number of carboxylic acid groups (broad SMARTS) is 1. The van der Waals surface area contributed by atoms with Crippen molar-refractivity contribution in [2.45, 2.75) is 13.3 Å². The van der Waals surface area contributed by atoms with Gasteiger partial charge in [0.15, 0.2) is 0 Å². The van der Waals surface area contributed by atoms with E-state index in [-0.39, 0.29) is 6.16 Å². The molecule has 0 radical (unpaired) electrons. The fourth-order valence-corrected chi connectivity index (χ4v) is 3.31. The maximum Gasteiger partial charge on any atom is 0.307 e. The van der Waals surface area contributed by atoms with Crippen LogP contribution >= 0.6 is 7.37 Å². The van der Waals surface area contributed by atoms with Gasteiger partial charge >= 0.3 is 5.97 Å². The van der Waals surface area contributed by atoms with Crippen molar-refractivity contribution < 1.29 is 19.4 Å². The van der Waals surface area contributed by atoms with Gasteiger partial charge in [-0.3, -0.25) is 9.36 Å². The summed E-state index contributed by atoms with van der Waals surface area (Å²) in [6, 6.07) is 8.18. The summed E-state index contributed by atoms with van der Waals surface area (Å²) in [7, 11) is -3.55. The SMILES string of the molecule is CCC(CP(=O)(O)c1ccccc1)C(=O)O. The third kappa shape index (κ3) is 3.19. The standard InChI is InChI=1S/C11H15O4P/c1-2-9(11(12)13)8-16(14,15)10-6-4-3-5-7-10/h3-7,9H,2,8H2,1H3,(H,12,13)(H,14,15). The van der Waals surface area contributed by atoms with Crippen LogP contribution in [0.25, 0.3) is 0 Å². The lowest BCUT2D eigenvalue weighted by Crippen LogP contribution is -2.20. The van der Waals surface area contributed by atoms with Gasteiger partial charge in [0.05, 0.1) is 5.92 Å². The summed E-state index contributed by atoms with van der Waals surface area (Å²) in [4.78, 5) is 20.6. The Kier molecular flexibility index (Phi) is 4.27. The molecule has 0 aliphatic heterocycles. The van der Waals surface area contributed by atoms with Crippen LogP contribution in [-0.2, 0) is 9.36 Å². The van der Waals surface area contributed by atoms with Crippen LogP contribution in [0.5, 0.6) is 0 Å².